The molecular formula is C47H65N7O8S2. The number of hydrogen-bond donors (Lipinski definition) is 3. The number of carbonyl (C=O) groups is 4. The van der Waals surface area contributed by atoms with Gasteiger partial charge >= 0.3 is 6.09 Å². The fourth-order valence-electron chi connectivity index (χ4n) is 9.61. The summed E-state index contributed by atoms with van der Waals surface area (Å²) in [7, 11) is -4.00. The van der Waals surface area contributed by atoms with Crippen LogP contribution in [0.4, 0.5) is 4.79 Å². The molecule has 4 heterocycles. The van der Waals surface area contributed by atoms with E-state index in [0.29, 0.717) is 44.0 Å². The second kappa shape index (κ2) is 18.0. The van der Waals surface area contributed by atoms with E-state index in [4.69, 9.17) is 19.4 Å². The van der Waals surface area contributed by atoms with Gasteiger partial charge in [0.2, 0.25) is 21.8 Å². The van der Waals surface area contributed by atoms with Crippen LogP contribution in [0.15, 0.2) is 35.7 Å². The number of benzene rings is 1. The van der Waals surface area contributed by atoms with Gasteiger partial charge in [0.15, 0.2) is 0 Å². The molecule has 64 heavy (non-hydrogen) atoms. The summed E-state index contributed by atoms with van der Waals surface area (Å²) in [6.07, 6.45) is 14.0. The number of ether oxygens (including phenoxy) is 2. The number of para-hydroxylation sites is 1. The Balaban J connectivity index is 1.10. The first-order chi connectivity index (χ1) is 30.4. The van der Waals surface area contributed by atoms with E-state index >= 15 is 0 Å². The molecule has 15 nitrogen and oxygen atoms in total. The molecule has 5 aliphatic rings. The van der Waals surface area contributed by atoms with E-state index in [0.717, 1.165) is 46.6 Å². The lowest BCUT2D eigenvalue weighted by Gasteiger charge is -2.30. The SMILES string of the molecule is CC(C)n1c(OC2CC3C(=O)NC4(C(=O)NS(=O)(=O)C5(C)CC5)CC4C=CCCCCCC(NC(=O)OC(C)(C)C)C(=O)N3C2)nc2c(-c3nc(CC4CCCCC4)cs3)cccc21. The van der Waals surface area contributed by atoms with Crippen LogP contribution in [-0.4, -0.2) is 92.3 Å². The lowest BCUT2D eigenvalue weighted by atomic mass is 9.86. The molecule has 4 amide bonds. The monoisotopic (exact) mass is 919 g/mol. The number of rotatable bonds is 10. The Bertz CT molecular complexity index is 2390. The van der Waals surface area contributed by atoms with E-state index in [1.165, 1.54) is 37.0 Å². The molecule has 0 spiro atoms. The minimum absolute atomic E-state index is 0.0101. The Hall–Kier alpha value is -4.51. The number of imidazole rings is 1. The van der Waals surface area contributed by atoms with Crippen molar-refractivity contribution in [2.75, 3.05) is 6.54 Å². The highest BCUT2D eigenvalue weighted by molar-refractivity contribution is 7.91. The van der Waals surface area contributed by atoms with Crippen LogP contribution in [0.1, 0.15) is 143 Å². The summed E-state index contributed by atoms with van der Waals surface area (Å²) in [5.41, 5.74) is 1.27. The number of aromatic nitrogens is 3. The smallest absolute Gasteiger partial charge is 0.408 e. The number of sulfonamides is 1. The summed E-state index contributed by atoms with van der Waals surface area (Å²) in [6.45, 7) is 10.9. The second-order valence-electron chi connectivity index (χ2n) is 20.3. The molecule has 1 saturated heterocycles. The first kappa shape index (κ1) is 46.0. The molecular weight excluding hydrogens is 855 g/mol. The number of nitrogens with one attached hydrogen (secondary N) is 3. The third kappa shape index (κ3) is 9.85. The second-order valence-corrected chi connectivity index (χ2v) is 23.3. The van der Waals surface area contributed by atoms with Crippen molar-refractivity contribution in [3.63, 3.8) is 0 Å². The van der Waals surface area contributed by atoms with Crippen molar-refractivity contribution >= 4 is 56.2 Å². The lowest BCUT2D eigenvalue weighted by molar-refractivity contribution is -0.141. The topological polar surface area (TPSA) is 191 Å². The molecule has 3 aromatic rings. The molecule has 2 aliphatic heterocycles. The number of fused-ring (bicyclic) bond motifs is 3. The molecule has 3 aliphatic carbocycles. The first-order valence-electron chi connectivity index (χ1n) is 23.3. The van der Waals surface area contributed by atoms with E-state index in [2.05, 4.69) is 20.7 Å². The van der Waals surface area contributed by atoms with Gasteiger partial charge in [0.05, 0.1) is 22.5 Å². The molecule has 3 N–H and O–H groups in total. The molecule has 3 saturated carbocycles. The van der Waals surface area contributed by atoms with Crippen molar-refractivity contribution in [1.29, 1.82) is 0 Å². The van der Waals surface area contributed by atoms with Crippen LogP contribution in [0.25, 0.3) is 21.6 Å². The van der Waals surface area contributed by atoms with Gasteiger partial charge in [-0.3, -0.25) is 23.7 Å². The molecule has 5 unspecified atom stereocenters. The molecule has 1 aromatic carbocycles. The molecule has 8 rings (SSSR count). The largest absolute Gasteiger partial charge is 0.459 e. The lowest BCUT2D eigenvalue weighted by Crippen LogP contribution is -2.58. The average molecular weight is 920 g/mol. The van der Waals surface area contributed by atoms with Crippen molar-refractivity contribution in [3.05, 3.63) is 41.4 Å². The van der Waals surface area contributed by atoms with Crippen molar-refractivity contribution in [1.82, 2.24) is 34.8 Å². The zero-order valence-electron chi connectivity index (χ0n) is 38.1. The van der Waals surface area contributed by atoms with E-state index in [-0.39, 0.29) is 25.4 Å². The third-order valence-corrected chi connectivity index (χ3v) is 16.7. The van der Waals surface area contributed by atoms with E-state index in [1.807, 2.05) is 48.8 Å². The van der Waals surface area contributed by atoms with Gasteiger partial charge in [-0.15, -0.1) is 11.3 Å². The van der Waals surface area contributed by atoms with Gasteiger partial charge in [-0.2, -0.15) is 4.98 Å². The van der Waals surface area contributed by atoms with Gasteiger partial charge in [0, 0.05) is 29.3 Å². The van der Waals surface area contributed by atoms with Crippen LogP contribution in [-0.2, 0) is 35.6 Å². The summed E-state index contributed by atoms with van der Waals surface area (Å²) in [6, 6.07) is 4.17. The summed E-state index contributed by atoms with van der Waals surface area (Å²) in [5, 5.41) is 8.79. The Morgan fingerprint density at radius 2 is 1.77 bits per heavy atom. The van der Waals surface area contributed by atoms with Crippen LogP contribution < -0.4 is 20.1 Å². The summed E-state index contributed by atoms with van der Waals surface area (Å²) in [4.78, 5) is 68.3. The zero-order chi connectivity index (χ0) is 45.6. The molecule has 0 radical (unpaired) electrons. The molecule has 2 aromatic heterocycles. The number of nitrogens with zero attached hydrogens (tertiary/aromatic N) is 4. The number of hydrogen-bond acceptors (Lipinski definition) is 11. The van der Waals surface area contributed by atoms with Gasteiger partial charge in [-0.1, -0.05) is 63.2 Å². The molecule has 17 heteroatoms. The fraction of sp³-hybridized carbons (Fsp3) is 0.660. The Kier molecular flexibility index (Phi) is 13.0. The highest BCUT2D eigenvalue weighted by Gasteiger charge is 2.63. The Morgan fingerprint density at radius 3 is 2.48 bits per heavy atom. The normalized spacial score (nSPS) is 26.6. The summed E-state index contributed by atoms with van der Waals surface area (Å²) < 4.78 is 42.2. The van der Waals surface area contributed by atoms with Crippen LogP contribution in [0.5, 0.6) is 6.01 Å². The van der Waals surface area contributed by atoms with Crippen molar-refractivity contribution in [3.8, 4) is 16.6 Å². The fourth-order valence-corrected chi connectivity index (χ4v) is 11.8. The van der Waals surface area contributed by atoms with Gasteiger partial charge in [0.25, 0.3) is 11.9 Å². The highest BCUT2D eigenvalue weighted by Crippen LogP contribution is 2.48. The number of amides is 4. The number of allylic oxidation sites excluding steroid dienone is 1. The maximum atomic E-state index is 14.8. The zero-order valence-corrected chi connectivity index (χ0v) is 39.7. The molecule has 4 fully saturated rings. The van der Waals surface area contributed by atoms with Crippen LogP contribution in [0.2, 0.25) is 0 Å². The summed E-state index contributed by atoms with van der Waals surface area (Å²) in [5.74, 6) is -1.66. The average Bonchev–Trinajstić information content (AvgIpc) is 3.92. The quantitative estimate of drug-likeness (QED) is 0.172. The van der Waals surface area contributed by atoms with Gasteiger partial charge in [-0.05, 0) is 105 Å². The Labute approximate surface area is 380 Å². The van der Waals surface area contributed by atoms with Crippen molar-refractivity contribution in [2.24, 2.45) is 11.8 Å². The Morgan fingerprint density at radius 1 is 1.03 bits per heavy atom. The molecule has 348 valence electrons. The first-order valence-corrected chi connectivity index (χ1v) is 25.7. The standard InChI is InChI=1S/C47H65N7O8S2/c1-29(2)54-36-21-15-19-34(40-48-32(28-63-40)24-30-16-11-10-12-17-30)38(36)50-43(54)61-33-25-37-39(55)51-47(42(57)52-64(59,60)46(6)22-23-46)26-31(47)18-13-8-7-9-14-20-35(41(56)53(37)27-33)49-44(58)62-45(3,4)5/h13,15,18-19,21,28-31,33,35,37H,7-12,14,16-17,20,22-27H2,1-6H3,(H,49,58)(H,51,55)(H,52,57). The van der Waals surface area contributed by atoms with E-state index in [1.54, 1.807) is 39.0 Å². The maximum absolute atomic E-state index is 14.8. The van der Waals surface area contributed by atoms with Crippen molar-refractivity contribution in [2.45, 2.75) is 178 Å². The van der Waals surface area contributed by atoms with Gasteiger partial charge in [0.1, 0.15) is 39.9 Å². The number of thiazole rings is 1. The molecule has 0 bridgehead atoms. The van der Waals surface area contributed by atoms with Crippen molar-refractivity contribution < 1.29 is 37.1 Å². The molecule has 5 atom stereocenters. The minimum Gasteiger partial charge on any atom is -0.459 e. The van der Waals surface area contributed by atoms with Crippen LogP contribution >= 0.6 is 11.3 Å². The maximum Gasteiger partial charge on any atom is 0.408 e. The van der Waals surface area contributed by atoms with E-state index in [9.17, 15) is 27.6 Å². The van der Waals surface area contributed by atoms with Crippen LogP contribution in [0, 0.1) is 11.8 Å². The summed E-state index contributed by atoms with van der Waals surface area (Å²) >= 11 is 1.62. The number of carbonyl (C=O) groups excluding carboxylic acids is 4. The third-order valence-electron chi connectivity index (χ3n) is 13.6. The van der Waals surface area contributed by atoms with E-state index < -0.39 is 73.8 Å². The predicted molar refractivity (Wildman–Crippen MR) is 245 cm³/mol. The number of alkyl carbamates (subject to hydrolysis) is 1. The van der Waals surface area contributed by atoms with Gasteiger partial charge in [-0.25, -0.2) is 18.2 Å². The predicted octanol–water partition coefficient (Wildman–Crippen LogP) is 7.50. The highest BCUT2D eigenvalue weighted by atomic mass is 32.2. The van der Waals surface area contributed by atoms with Gasteiger partial charge < -0.3 is 25.0 Å². The minimum atomic E-state index is -4.00. The van der Waals surface area contributed by atoms with Crippen LogP contribution in [0.3, 0.4) is 0 Å².